The smallest absolute Gasteiger partial charge is 0.191 e. The number of rotatable bonds is 8. The standard InChI is InChI=1S/C20H29N3O4.HI/c1-13-7-8-17(27-13)14(2)23-20(21-3)22-10-9-16-18(25-5)11-15(24-4)12-19(16)26-6;/h7-8,11-12,14H,9-10H2,1-6H3,(H2,21,22,23);1H. The second-order valence-electron chi connectivity index (χ2n) is 6.07. The number of aryl methyl sites for hydroxylation is 1. The predicted octanol–water partition coefficient (Wildman–Crippen LogP) is 3.70. The van der Waals surface area contributed by atoms with Crippen LogP contribution >= 0.6 is 24.0 Å². The molecule has 1 heterocycles. The summed E-state index contributed by atoms with van der Waals surface area (Å²) in [5.41, 5.74) is 0.971. The molecule has 0 radical (unpaired) electrons. The first-order valence-corrected chi connectivity index (χ1v) is 8.84. The van der Waals surface area contributed by atoms with Crippen molar-refractivity contribution in [1.82, 2.24) is 10.6 Å². The van der Waals surface area contributed by atoms with Crippen molar-refractivity contribution in [3.8, 4) is 17.2 Å². The molecule has 156 valence electrons. The first-order valence-electron chi connectivity index (χ1n) is 8.84. The molecule has 0 spiro atoms. The van der Waals surface area contributed by atoms with E-state index >= 15 is 0 Å². The Bertz CT molecular complexity index is 752. The van der Waals surface area contributed by atoms with Crippen LogP contribution in [0.2, 0.25) is 0 Å². The maximum Gasteiger partial charge on any atom is 0.191 e. The van der Waals surface area contributed by atoms with Gasteiger partial charge in [-0.3, -0.25) is 4.99 Å². The normalized spacial score (nSPS) is 12.0. The van der Waals surface area contributed by atoms with Gasteiger partial charge in [0.2, 0.25) is 0 Å². The molecular formula is C20H30IN3O4. The molecule has 1 aromatic heterocycles. The third-order valence-corrected chi connectivity index (χ3v) is 4.25. The van der Waals surface area contributed by atoms with Crippen LogP contribution in [0, 0.1) is 6.92 Å². The number of nitrogens with zero attached hydrogens (tertiary/aromatic N) is 1. The summed E-state index contributed by atoms with van der Waals surface area (Å²) in [6, 6.07) is 7.63. The fourth-order valence-corrected chi connectivity index (χ4v) is 2.79. The number of nitrogens with one attached hydrogen (secondary N) is 2. The highest BCUT2D eigenvalue weighted by Gasteiger charge is 2.14. The van der Waals surface area contributed by atoms with Crippen molar-refractivity contribution in [2.24, 2.45) is 4.99 Å². The maximum absolute atomic E-state index is 5.66. The van der Waals surface area contributed by atoms with Gasteiger partial charge in [0.25, 0.3) is 0 Å². The maximum atomic E-state index is 5.66. The highest BCUT2D eigenvalue weighted by Crippen LogP contribution is 2.34. The third kappa shape index (κ3) is 6.22. The van der Waals surface area contributed by atoms with E-state index in [2.05, 4.69) is 15.6 Å². The van der Waals surface area contributed by atoms with Crippen LogP contribution in [0.5, 0.6) is 17.2 Å². The van der Waals surface area contributed by atoms with Crippen molar-refractivity contribution in [1.29, 1.82) is 0 Å². The summed E-state index contributed by atoms with van der Waals surface area (Å²) < 4.78 is 21.9. The largest absolute Gasteiger partial charge is 0.496 e. The first kappa shape index (κ1) is 23.9. The number of hydrogen-bond donors (Lipinski definition) is 2. The van der Waals surface area contributed by atoms with Crippen LogP contribution in [-0.2, 0) is 6.42 Å². The topological polar surface area (TPSA) is 77.3 Å². The average molecular weight is 503 g/mol. The fraction of sp³-hybridized carbons (Fsp3) is 0.450. The molecule has 0 saturated carbocycles. The number of guanidine groups is 1. The SMILES string of the molecule is CN=C(NCCc1c(OC)cc(OC)cc1OC)NC(C)c1ccc(C)o1.I. The molecule has 0 aliphatic heterocycles. The Morgan fingerprint density at radius 3 is 2.21 bits per heavy atom. The van der Waals surface area contributed by atoms with E-state index in [1.807, 2.05) is 38.1 Å². The molecule has 0 saturated heterocycles. The highest BCUT2D eigenvalue weighted by molar-refractivity contribution is 14.0. The monoisotopic (exact) mass is 503 g/mol. The van der Waals surface area contributed by atoms with Crippen LogP contribution in [0.3, 0.4) is 0 Å². The zero-order valence-corrected chi connectivity index (χ0v) is 19.6. The summed E-state index contributed by atoms with van der Waals surface area (Å²) in [7, 11) is 6.63. The zero-order chi connectivity index (χ0) is 19.8. The minimum absolute atomic E-state index is 0. The van der Waals surface area contributed by atoms with E-state index in [0.29, 0.717) is 24.7 Å². The molecule has 2 rings (SSSR count). The Balaban J connectivity index is 0.00000392. The van der Waals surface area contributed by atoms with Gasteiger partial charge in [-0.25, -0.2) is 0 Å². The van der Waals surface area contributed by atoms with Crippen LogP contribution in [0.25, 0.3) is 0 Å². The van der Waals surface area contributed by atoms with Crippen LogP contribution in [0.15, 0.2) is 33.7 Å². The molecule has 0 bridgehead atoms. The lowest BCUT2D eigenvalue weighted by Crippen LogP contribution is -2.39. The highest BCUT2D eigenvalue weighted by atomic mass is 127. The van der Waals surface area contributed by atoms with Gasteiger partial charge < -0.3 is 29.3 Å². The van der Waals surface area contributed by atoms with Gasteiger partial charge in [0.15, 0.2) is 5.96 Å². The van der Waals surface area contributed by atoms with Crippen LogP contribution in [0.1, 0.15) is 30.0 Å². The Hall–Kier alpha value is -2.10. The Morgan fingerprint density at radius 1 is 1.11 bits per heavy atom. The van der Waals surface area contributed by atoms with Gasteiger partial charge in [-0.1, -0.05) is 0 Å². The number of methoxy groups -OCH3 is 3. The van der Waals surface area contributed by atoms with Crippen molar-refractivity contribution in [2.45, 2.75) is 26.3 Å². The first-order chi connectivity index (χ1) is 13.0. The molecule has 2 N–H and O–H groups in total. The van der Waals surface area contributed by atoms with Crippen molar-refractivity contribution in [2.75, 3.05) is 34.9 Å². The number of hydrogen-bond acceptors (Lipinski definition) is 5. The van der Waals surface area contributed by atoms with E-state index in [-0.39, 0.29) is 30.0 Å². The summed E-state index contributed by atoms with van der Waals surface area (Å²) in [5.74, 6) is 4.61. The number of halogens is 1. The lowest BCUT2D eigenvalue weighted by atomic mass is 10.1. The van der Waals surface area contributed by atoms with Gasteiger partial charge in [-0.05, 0) is 32.4 Å². The molecule has 2 aromatic rings. The molecule has 7 nitrogen and oxygen atoms in total. The molecule has 1 aromatic carbocycles. The average Bonchev–Trinajstić information content (AvgIpc) is 3.13. The van der Waals surface area contributed by atoms with Gasteiger partial charge in [-0.15, -0.1) is 24.0 Å². The van der Waals surface area contributed by atoms with Crippen molar-refractivity contribution in [3.05, 3.63) is 41.3 Å². The fourth-order valence-electron chi connectivity index (χ4n) is 2.79. The molecule has 1 unspecified atom stereocenters. The summed E-state index contributed by atoms with van der Waals surface area (Å²) >= 11 is 0. The van der Waals surface area contributed by atoms with Crippen LogP contribution in [0.4, 0.5) is 0 Å². The van der Waals surface area contributed by atoms with E-state index in [1.54, 1.807) is 28.4 Å². The Labute approximate surface area is 183 Å². The van der Waals surface area contributed by atoms with Gasteiger partial charge in [0, 0.05) is 31.3 Å². The summed E-state index contributed by atoms with van der Waals surface area (Å²) in [6.45, 7) is 4.61. The number of benzene rings is 1. The molecule has 1 atom stereocenters. The van der Waals surface area contributed by atoms with Crippen LogP contribution in [-0.4, -0.2) is 40.9 Å². The summed E-state index contributed by atoms with van der Waals surface area (Å²) in [5, 5.41) is 6.63. The van der Waals surface area contributed by atoms with Gasteiger partial charge in [0.1, 0.15) is 28.8 Å². The molecular weight excluding hydrogens is 473 g/mol. The molecule has 28 heavy (non-hydrogen) atoms. The Kier molecular flexibility index (Phi) is 9.98. The van der Waals surface area contributed by atoms with Crippen molar-refractivity contribution < 1.29 is 18.6 Å². The molecule has 8 heteroatoms. The second kappa shape index (κ2) is 11.7. The van der Waals surface area contributed by atoms with E-state index in [1.165, 1.54) is 0 Å². The van der Waals surface area contributed by atoms with Gasteiger partial charge in [-0.2, -0.15) is 0 Å². The van der Waals surface area contributed by atoms with E-state index < -0.39 is 0 Å². The zero-order valence-electron chi connectivity index (χ0n) is 17.3. The molecule has 0 aliphatic carbocycles. The number of aliphatic imine (C=N–C) groups is 1. The molecule has 0 aliphatic rings. The molecule has 0 amide bonds. The van der Waals surface area contributed by atoms with Crippen LogP contribution < -0.4 is 24.8 Å². The lowest BCUT2D eigenvalue weighted by Gasteiger charge is -2.18. The molecule has 0 fully saturated rings. The number of ether oxygens (including phenoxy) is 3. The van der Waals surface area contributed by atoms with E-state index in [0.717, 1.165) is 28.6 Å². The number of furan rings is 1. The lowest BCUT2D eigenvalue weighted by molar-refractivity contribution is 0.368. The Morgan fingerprint density at radius 2 is 1.75 bits per heavy atom. The van der Waals surface area contributed by atoms with Crippen molar-refractivity contribution >= 4 is 29.9 Å². The quantitative estimate of drug-likeness (QED) is 0.325. The van der Waals surface area contributed by atoms with Gasteiger partial charge >= 0.3 is 0 Å². The van der Waals surface area contributed by atoms with Crippen molar-refractivity contribution in [3.63, 3.8) is 0 Å². The second-order valence-corrected chi connectivity index (χ2v) is 6.07. The van der Waals surface area contributed by atoms with E-state index in [9.17, 15) is 0 Å². The van der Waals surface area contributed by atoms with E-state index in [4.69, 9.17) is 18.6 Å². The third-order valence-electron chi connectivity index (χ3n) is 4.25. The van der Waals surface area contributed by atoms with Gasteiger partial charge in [0.05, 0.1) is 27.4 Å². The summed E-state index contributed by atoms with van der Waals surface area (Å²) in [6.07, 6.45) is 0.700. The summed E-state index contributed by atoms with van der Waals surface area (Å²) in [4.78, 5) is 4.27. The minimum atomic E-state index is 0. The predicted molar refractivity (Wildman–Crippen MR) is 122 cm³/mol. The minimum Gasteiger partial charge on any atom is -0.496 e.